The number of hydrogen-bond acceptors (Lipinski definition) is 5. The van der Waals surface area contributed by atoms with Gasteiger partial charge in [-0.1, -0.05) is 42.8 Å². The van der Waals surface area contributed by atoms with E-state index in [0.717, 1.165) is 22.6 Å². The summed E-state index contributed by atoms with van der Waals surface area (Å²) in [6.07, 6.45) is 0.0819. The van der Waals surface area contributed by atoms with Gasteiger partial charge in [-0.3, -0.25) is 9.59 Å². The number of carbonyl (C=O) groups is 2. The molecule has 0 saturated carbocycles. The largest absolute Gasteiger partial charge is 0.452 e. The number of thiazole rings is 1. The minimum atomic E-state index is -0.886. The molecule has 2 aromatic carbocycles. The zero-order valence-corrected chi connectivity index (χ0v) is 17.6. The first kappa shape index (κ1) is 20.7. The summed E-state index contributed by atoms with van der Waals surface area (Å²) >= 11 is 1.49. The number of aromatic nitrogens is 1. The summed E-state index contributed by atoms with van der Waals surface area (Å²) < 4.78 is 5.28. The molecule has 1 atom stereocenters. The van der Waals surface area contributed by atoms with Gasteiger partial charge >= 0.3 is 5.97 Å². The number of esters is 1. The summed E-state index contributed by atoms with van der Waals surface area (Å²) in [5.41, 5.74) is 4.69. The number of anilines is 1. The smallest absolute Gasteiger partial charge is 0.312 e. The number of benzene rings is 2. The molecule has 150 valence electrons. The zero-order chi connectivity index (χ0) is 20.8. The van der Waals surface area contributed by atoms with Crippen molar-refractivity contribution >= 4 is 28.9 Å². The Labute approximate surface area is 174 Å². The molecule has 1 aromatic heterocycles. The monoisotopic (exact) mass is 408 g/mol. The highest BCUT2D eigenvalue weighted by atomic mass is 32.1. The molecule has 0 saturated heterocycles. The minimum Gasteiger partial charge on any atom is -0.452 e. The van der Waals surface area contributed by atoms with Crippen LogP contribution in [0.2, 0.25) is 0 Å². The van der Waals surface area contributed by atoms with Gasteiger partial charge in [0.05, 0.1) is 12.1 Å². The molecule has 0 radical (unpaired) electrons. The second-order valence-corrected chi connectivity index (χ2v) is 7.72. The van der Waals surface area contributed by atoms with Gasteiger partial charge in [-0.2, -0.15) is 0 Å². The van der Waals surface area contributed by atoms with E-state index in [9.17, 15) is 9.59 Å². The van der Waals surface area contributed by atoms with Crippen LogP contribution >= 0.6 is 11.3 Å². The molecule has 1 N–H and O–H groups in total. The fourth-order valence-electron chi connectivity index (χ4n) is 2.81. The molecule has 0 aliphatic rings. The summed E-state index contributed by atoms with van der Waals surface area (Å²) in [6.45, 7) is 5.66. The lowest BCUT2D eigenvalue weighted by Gasteiger charge is -2.13. The van der Waals surface area contributed by atoms with Crippen molar-refractivity contribution in [3.8, 4) is 10.6 Å². The summed E-state index contributed by atoms with van der Waals surface area (Å²) in [5, 5.41) is 5.47. The number of nitrogens with one attached hydrogen (secondary N) is 1. The number of carbonyl (C=O) groups excluding carboxylic acids is 2. The number of ether oxygens (including phenoxy) is 1. The Balaban J connectivity index is 1.53. The summed E-state index contributed by atoms with van der Waals surface area (Å²) in [4.78, 5) is 29.0. The SMILES string of the molecule is CCc1ccc(NC(=O)[C@H](C)OC(=O)Cc2csc(-c3cccc(C)c3)n2)cc1. The van der Waals surface area contributed by atoms with E-state index in [2.05, 4.69) is 23.3 Å². The molecule has 1 amide bonds. The Morgan fingerprint density at radius 1 is 1.17 bits per heavy atom. The Morgan fingerprint density at radius 3 is 2.62 bits per heavy atom. The fourth-order valence-corrected chi connectivity index (χ4v) is 3.62. The molecule has 6 heteroatoms. The molecule has 0 aliphatic carbocycles. The van der Waals surface area contributed by atoms with Crippen LogP contribution in [0.1, 0.15) is 30.7 Å². The Bertz CT molecular complexity index is 995. The molecule has 3 aromatic rings. The lowest BCUT2D eigenvalue weighted by atomic mass is 10.1. The van der Waals surface area contributed by atoms with Crippen LogP contribution in [-0.4, -0.2) is 23.0 Å². The molecular weight excluding hydrogens is 384 g/mol. The standard InChI is InChI=1S/C23H24N2O3S/c1-4-17-8-10-19(11-9-17)24-22(27)16(3)28-21(26)13-20-14-29-23(25-20)18-7-5-6-15(2)12-18/h5-12,14,16H,4,13H2,1-3H3,(H,24,27)/t16-/m0/s1. The van der Waals surface area contributed by atoms with Crippen molar-refractivity contribution in [1.82, 2.24) is 4.98 Å². The molecule has 1 heterocycles. The van der Waals surface area contributed by atoms with E-state index in [-0.39, 0.29) is 12.3 Å². The van der Waals surface area contributed by atoms with Crippen molar-refractivity contribution in [2.24, 2.45) is 0 Å². The van der Waals surface area contributed by atoms with Gasteiger partial charge in [0.15, 0.2) is 6.10 Å². The molecule has 0 fully saturated rings. The lowest BCUT2D eigenvalue weighted by Crippen LogP contribution is -2.30. The molecule has 3 rings (SSSR count). The first-order valence-electron chi connectivity index (χ1n) is 9.55. The van der Waals surface area contributed by atoms with Crippen molar-refractivity contribution in [1.29, 1.82) is 0 Å². The first-order chi connectivity index (χ1) is 13.9. The average molecular weight is 409 g/mol. The topological polar surface area (TPSA) is 68.3 Å². The second kappa shape index (κ2) is 9.47. The first-order valence-corrected chi connectivity index (χ1v) is 10.4. The van der Waals surface area contributed by atoms with Crippen LogP contribution in [0.15, 0.2) is 53.9 Å². The fraction of sp³-hybridized carbons (Fsp3) is 0.261. The Morgan fingerprint density at radius 2 is 1.93 bits per heavy atom. The van der Waals surface area contributed by atoms with Gasteiger partial charge in [-0.25, -0.2) is 4.98 Å². The van der Waals surface area contributed by atoms with Gasteiger partial charge < -0.3 is 10.1 Å². The van der Waals surface area contributed by atoms with Gasteiger partial charge in [0.2, 0.25) is 0 Å². The molecular formula is C23H24N2O3S. The lowest BCUT2D eigenvalue weighted by molar-refractivity contribution is -0.152. The maximum Gasteiger partial charge on any atom is 0.312 e. The van der Waals surface area contributed by atoms with Crippen molar-refractivity contribution in [2.45, 2.75) is 39.7 Å². The van der Waals surface area contributed by atoms with Crippen LogP contribution in [-0.2, 0) is 27.2 Å². The zero-order valence-electron chi connectivity index (χ0n) is 16.8. The second-order valence-electron chi connectivity index (χ2n) is 6.86. The van der Waals surface area contributed by atoms with E-state index in [0.29, 0.717) is 11.4 Å². The van der Waals surface area contributed by atoms with E-state index in [1.165, 1.54) is 16.9 Å². The number of nitrogens with zero attached hydrogens (tertiary/aromatic N) is 1. The quantitative estimate of drug-likeness (QED) is 0.571. The average Bonchev–Trinajstić information content (AvgIpc) is 3.16. The van der Waals surface area contributed by atoms with Gasteiger partial charge in [0, 0.05) is 16.6 Å². The Kier molecular flexibility index (Phi) is 6.77. The van der Waals surface area contributed by atoms with Gasteiger partial charge in [0.1, 0.15) is 5.01 Å². The molecule has 0 aliphatic heterocycles. The van der Waals surface area contributed by atoms with Gasteiger partial charge in [-0.15, -0.1) is 11.3 Å². The number of amides is 1. The maximum atomic E-state index is 12.3. The molecule has 0 spiro atoms. The highest BCUT2D eigenvalue weighted by Crippen LogP contribution is 2.24. The summed E-state index contributed by atoms with van der Waals surface area (Å²) in [5.74, 6) is -0.837. The predicted octanol–water partition coefficient (Wildman–Crippen LogP) is 4.79. The highest BCUT2D eigenvalue weighted by molar-refractivity contribution is 7.13. The number of hydrogen-bond donors (Lipinski definition) is 1. The van der Waals surface area contributed by atoms with Crippen LogP contribution in [0.25, 0.3) is 10.6 Å². The van der Waals surface area contributed by atoms with Crippen molar-refractivity contribution in [3.63, 3.8) is 0 Å². The van der Waals surface area contributed by atoms with E-state index in [4.69, 9.17) is 4.74 Å². The maximum absolute atomic E-state index is 12.3. The van der Waals surface area contributed by atoms with Crippen LogP contribution < -0.4 is 5.32 Å². The molecule has 0 bridgehead atoms. The van der Waals surface area contributed by atoms with E-state index in [1.54, 1.807) is 6.92 Å². The minimum absolute atomic E-state index is 0.0329. The number of rotatable bonds is 7. The molecule has 5 nitrogen and oxygen atoms in total. The van der Waals surface area contributed by atoms with Crippen LogP contribution in [0.3, 0.4) is 0 Å². The molecule has 0 unspecified atom stereocenters. The van der Waals surface area contributed by atoms with Crippen molar-refractivity contribution < 1.29 is 14.3 Å². The third kappa shape index (κ3) is 5.74. The van der Waals surface area contributed by atoms with E-state index in [1.807, 2.05) is 54.8 Å². The summed E-state index contributed by atoms with van der Waals surface area (Å²) in [7, 11) is 0. The predicted molar refractivity (Wildman–Crippen MR) is 116 cm³/mol. The van der Waals surface area contributed by atoms with Crippen LogP contribution in [0, 0.1) is 6.92 Å². The third-order valence-electron chi connectivity index (χ3n) is 4.45. The van der Waals surface area contributed by atoms with Crippen molar-refractivity contribution in [3.05, 3.63) is 70.7 Å². The Hall–Kier alpha value is -2.99. The normalized spacial score (nSPS) is 11.7. The summed E-state index contributed by atoms with van der Waals surface area (Å²) in [6, 6.07) is 15.7. The number of aryl methyl sites for hydroxylation is 2. The van der Waals surface area contributed by atoms with Gasteiger partial charge in [0.25, 0.3) is 5.91 Å². The van der Waals surface area contributed by atoms with E-state index < -0.39 is 12.1 Å². The van der Waals surface area contributed by atoms with Crippen LogP contribution in [0.5, 0.6) is 0 Å². The van der Waals surface area contributed by atoms with E-state index >= 15 is 0 Å². The molecule has 29 heavy (non-hydrogen) atoms. The third-order valence-corrected chi connectivity index (χ3v) is 5.39. The van der Waals surface area contributed by atoms with Crippen LogP contribution in [0.4, 0.5) is 5.69 Å². The van der Waals surface area contributed by atoms with Crippen molar-refractivity contribution in [2.75, 3.05) is 5.32 Å². The van der Waals surface area contributed by atoms with Gasteiger partial charge in [-0.05, 0) is 44.0 Å². The highest BCUT2D eigenvalue weighted by Gasteiger charge is 2.19.